The molecule has 148 valence electrons. The molecule has 1 heterocycles. The Balaban J connectivity index is 1.23. The van der Waals surface area contributed by atoms with Crippen LogP contribution < -0.4 is 0 Å². The second-order valence-electron chi connectivity index (χ2n) is 7.53. The first kappa shape index (κ1) is 18.4. The first-order valence-corrected chi connectivity index (χ1v) is 10.4. The van der Waals surface area contributed by atoms with Crippen molar-refractivity contribution < 1.29 is 0 Å². The zero-order valence-corrected chi connectivity index (χ0v) is 16.9. The van der Waals surface area contributed by atoms with E-state index in [1.165, 1.54) is 21.5 Å². The van der Waals surface area contributed by atoms with Crippen molar-refractivity contribution in [2.45, 2.75) is 0 Å². The molecule has 4 aromatic rings. The predicted molar refractivity (Wildman–Crippen MR) is 126 cm³/mol. The Morgan fingerprint density at radius 1 is 0.500 bits per heavy atom. The lowest BCUT2D eigenvalue weighted by atomic mass is 10.1. The second kappa shape index (κ2) is 8.37. The molecule has 0 bridgehead atoms. The number of nitrogens with zero attached hydrogens (tertiary/aromatic N) is 4. The van der Waals surface area contributed by atoms with Crippen LogP contribution in [0.2, 0.25) is 0 Å². The predicted octanol–water partition coefficient (Wildman–Crippen LogP) is 4.98. The molecule has 1 aliphatic rings. The van der Waals surface area contributed by atoms with Gasteiger partial charge in [-0.2, -0.15) is 10.2 Å². The van der Waals surface area contributed by atoms with Gasteiger partial charge in [0.05, 0.1) is 38.6 Å². The molecule has 0 atom stereocenters. The zero-order chi connectivity index (χ0) is 20.2. The van der Waals surface area contributed by atoms with Crippen LogP contribution in [0.3, 0.4) is 0 Å². The summed E-state index contributed by atoms with van der Waals surface area (Å²) in [4.78, 5) is 0. The van der Waals surface area contributed by atoms with Gasteiger partial charge in [0, 0.05) is 11.1 Å². The molecule has 0 aliphatic carbocycles. The Morgan fingerprint density at radius 3 is 1.37 bits per heavy atom. The molecule has 1 saturated heterocycles. The molecule has 30 heavy (non-hydrogen) atoms. The van der Waals surface area contributed by atoms with E-state index >= 15 is 0 Å². The van der Waals surface area contributed by atoms with Crippen LogP contribution in [0.1, 0.15) is 11.1 Å². The van der Waals surface area contributed by atoms with Crippen molar-refractivity contribution in [2.75, 3.05) is 26.2 Å². The van der Waals surface area contributed by atoms with Gasteiger partial charge in [-0.25, -0.2) is 0 Å². The minimum atomic E-state index is 0.869. The van der Waals surface area contributed by atoms with E-state index in [0.717, 1.165) is 37.3 Å². The lowest BCUT2D eigenvalue weighted by Crippen LogP contribution is -2.41. The van der Waals surface area contributed by atoms with Gasteiger partial charge in [0.2, 0.25) is 0 Å². The molecule has 4 aromatic carbocycles. The van der Waals surface area contributed by atoms with Gasteiger partial charge in [-0.1, -0.05) is 84.9 Å². The van der Waals surface area contributed by atoms with E-state index in [1.807, 2.05) is 12.4 Å². The third kappa shape index (κ3) is 3.90. The van der Waals surface area contributed by atoms with Crippen molar-refractivity contribution in [3.05, 3.63) is 96.1 Å². The molecule has 4 heteroatoms. The number of fused-ring (bicyclic) bond motifs is 2. The Bertz CT molecular complexity index is 1110. The maximum atomic E-state index is 4.73. The van der Waals surface area contributed by atoms with E-state index < -0.39 is 0 Å². The van der Waals surface area contributed by atoms with E-state index in [2.05, 4.69) is 94.9 Å². The van der Waals surface area contributed by atoms with Gasteiger partial charge in [-0.3, -0.25) is 10.0 Å². The number of hydrogen-bond acceptors (Lipinski definition) is 4. The van der Waals surface area contributed by atoms with E-state index in [9.17, 15) is 0 Å². The van der Waals surface area contributed by atoms with Crippen molar-refractivity contribution in [3.8, 4) is 0 Å². The van der Waals surface area contributed by atoms with Gasteiger partial charge >= 0.3 is 0 Å². The smallest absolute Gasteiger partial charge is 0.0553 e. The number of benzene rings is 4. The maximum Gasteiger partial charge on any atom is 0.0553 e. The molecule has 0 radical (unpaired) electrons. The highest BCUT2D eigenvalue weighted by Gasteiger charge is 2.13. The summed E-state index contributed by atoms with van der Waals surface area (Å²) in [5.74, 6) is 0. The lowest BCUT2D eigenvalue weighted by molar-refractivity contribution is 0.141. The highest BCUT2D eigenvalue weighted by molar-refractivity contribution is 6.00. The number of rotatable bonds is 4. The standard InChI is InChI=1S/C26H24N4/c1-3-13-25-21(7-1)9-5-11-23(25)19-27-29-15-17-30(18-16-29)28-20-24-12-6-10-22-8-2-4-14-26(22)24/h1-14,19-20H,15-18H2/b27-19+,28-20+. The fourth-order valence-electron chi connectivity index (χ4n) is 3.93. The molecular weight excluding hydrogens is 368 g/mol. The maximum absolute atomic E-state index is 4.73. The number of hydrazone groups is 2. The monoisotopic (exact) mass is 392 g/mol. The molecular formula is C26H24N4. The molecule has 0 amide bonds. The first-order valence-electron chi connectivity index (χ1n) is 10.4. The van der Waals surface area contributed by atoms with Gasteiger partial charge in [-0.05, 0) is 21.5 Å². The summed E-state index contributed by atoms with van der Waals surface area (Å²) in [6.45, 7) is 3.48. The van der Waals surface area contributed by atoms with Gasteiger partial charge in [-0.15, -0.1) is 0 Å². The Morgan fingerprint density at radius 2 is 0.900 bits per heavy atom. The van der Waals surface area contributed by atoms with E-state index in [4.69, 9.17) is 10.2 Å². The minimum absolute atomic E-state index is 0.869. The largest absolute Gasteiger partial charge is 0.293 e. The summed E-state index contributed by atoms with van der Waals surface area (Å²) in [5.41, 5.74) is 2.31. The van der Waals surface area contributed by atoms with Crippen LogP contribution in [0.15, 0.2) is 95.1 Å². The second-order valence-corrected chi connectivity index (χ2v) is 7.53. The van der Waals surface area contributed by atoms with Crippen molar-refractivity contribution in [1.29, 1.82) is 0 Å². The fraction of sp³-hybridized carbons (Fsp3) is 0.154. The molecule has 5 rings (SSSR count). The van der Waals surface area contributed by atoms with Crippen molar-refractivity contribution in [3.63, 3.8) is 0 Å². The van der Waals surface area contributed by atoms with E-state index in [1.54, 1.807) is 0 Å². The normalized spacial score (nSPS) is 15.1. The van der Waals surface area contributed by atoms with Crippen LogP contribution in [-0.2, 0) is 0 Å². The van der Waals surface area contributed by atoms with Crippen LogP contribution in [0.25, 0.3) is 21.5 Å². The molecule has 0 spiro atoms. The molecule has 1 fully saturated rings. The topological polar surface area (TPSA) is 31.2 Å². The van der Waals surface area contributed by atoms with Crippen LogP contribution in [0.4, 0.5) is 0 Å². The Kier molecular flexibility index (Phi) is 5.13. The van der Waals surface area contributed by atoms with Crippen molar-refractivity contribution in [1.82, 2.24) is 10.0 Å². The van der Waals surface area contributed by atoms with Crippen LogP contribution in [0.5, 0.6) is 0 Å². The molecule has 0 saturated carbocycles. The first-order chi connectivity index (χ1) is 14.9. The molecule has 0 unspecified atom stereocenters. The third-order valence-corrected chi connectivity index (χ3v) is 5.60. The summed E-state index contributed by atoms with van der Waals surface area (Å²) in [6, 6.07) is 29.6. The summed E-state index contributed by atoms with van der Waals surface area (Å²) < 4.78 is 0. The van der Waals surface area contributed by atoms with Crippen LogP contribution in [0, 0.1) is 0 Å². The Hall–Kier alpha value is -3.66. The SMILES string of the molecule is C(=N\N1CCN(/N=C/c2cccc3ccccc23)CC1)/c1cccc2ccccc12. The summed E-state index contributed by atoms with van der Waals surface area (Å²) in [5, 5.41) is 18.7. The molecule has 0 N–H and O–H groups in total. The zero-order valence-electron chi connectivity index (χ0n) is 16.9. The summed E-state index contributed by atoms with van der Waals surface area (Å²) in [6.07, 6.45) is 3.97. The molecule has 1 aliphatic heterocycles. The summed E-state index contributed by atoms with van der Waals surface area (Å²) >= 11 is 0. The van der Waals surface area contributed by atoms with Crippen molar-refractivity contribution >= 4 is 34.0 Å². The van der Waals surface area contributed by atoms with Crippen LogP contribution in [-0.4, -0.2) is 48.6 Å². The molecule has 0 aromatic heterocycles. The van der Waals surface area contributed by atoms with Gasteiger partial charge in [0.1, 0.15) is 0 Å². The minimum Gasteiger partial charge on any atom is -0.293 e. The average molecular weight is 393 g/mol. The fourth-order valence-corrected chi connectivity index (χ4v) is 3.93. The third-order valence-electron chi connectivity index (χ3n) is 5.60. The van der Waals surface area contributed by atoms with E-state index in [0.29, 0.717) is 0 Å². The summed E-state index contributed by atoms with van der Waals surface area (Å²) in [7, 11) is 0. The molecule has 4 nitrogen and oxygen atoms in total. The highest BCUT2D eigenvalue weighted by atomic mass is 15.5. The lowest BCUT2D eigenvalue weighted by Gasteiger charge is -2.31. The number of hydrogen-bond donors (Lipinski definition) is 0. The Labute approximate surface area is 176 Å². The van der Waals surface area contributed by atoms with Crippen molar-refractivity contribution in [2.24, 2.45) is 10.2 Å². The van der Waals surface area contributed by atoms with Gasteiger partial charge in [0.25, 0.3) is 0 Å². The average Bonchev–Trinajstić information content (AvgIpc) is 2.82. The van der Waals surface area contributed by atoms with Gasteiger partial charge in [0.15, 0.2) is 0 Å². The highest BCUT2D eigenvalue weighted by Crippen LogP contribution is 2.18. The van der Waals surface area contributed by atoms with Crippen LogP contribution >= 0.6 is 0 Å². The quantitative estimate of drug-likeness (QED) is 0.459. The van der Waals surface area contributed by atoms with E-state index in [-0.39, 0.29) is 0 Å². The van der Waals surface area contributed by atoms with Gasteiger partial charge < -0.3 is 0 Å². The number of piperazine rings is 1.